The first-order valence-corrected chi connectivity index (χ1v) is 7.25. The van der Waals surface area contributed by atoms with Crippen LogP contribution < -0.4 is 0 Å². The Morgan fingerprint density at radius 3 is 2.74 bits per heavy atom. The van der Waals surface area contributed by atoms with Gasteiger partial charge in [0.25, 0.3) is 0 Å². The van der Waals surface area contributed by atoms with Crippen LogP contribution in [-0.4, -0.2) is 32.9 Å². The van der Waals surface area contributed by atoms with Crippen LogP contribution in [0.1, 0.15) is 32.2 Å². The van der Waals surface area contributed by atoms with E-state index >= 15 is 0 Å². The molecule has 1 aromatic heterocycles. The molecule has 19 heavy (non-hydrogen) atoms. The summed E-state index contributed by atoms with van der Waals surface area (Å²) in [5, 5.41) is 4.45. The summed E-state index contributed by atoms with van der Waals surface area (Å²) in [7, 11) is 0. The molecule has 0 aromatic carbocycles. The molecule has 0 N–H and O–H groups in total. The molecule has 2 rings (SSSR count). The lowest BCUT2D eigenvalue weighted by molar-refractivity contribution is 0.0194. The third-order valence-electron chi connectivity index (χ3n) is 2.79. The van der Waals surface area contributed by atoms with Gasteiger partial charge in [-0.2, -0.15) is 5.10 Å². The fourth-order valence-corrected chi connectivity index (χ4v) is 2.70. The van der Waals surface area contributed by atoms with E-state index in [1.54, 1.807) is 11.0 Å². The Hall–Kier alpha value is -1.05. The molecular weight excluding hydrogens is 357 g/mol. The molecule has 6 heteroatoms. The van der Waals surface area contributed by atoms with Gasteiger partial charge in [-0.15, -0.1) is 0 Å². The standard InChI is InChI=1S/C13H18IN3O2/c1-5-9-11(14)10-8-16(6-7-17(10)15-9)12(18)19-13(2,3)4/h5H,1,6-8H2,2-4H3. The fourth-order valence-electron chi connectivity index (χ4n) is 1.92. The molecule has 104 valence electrons. The molecule has 5 nitrogen and oxygen atoms in total. The number of carbonyl (C=O) groups excluding carboxylic acids is 1. The van der Waals surface area contributed by atoms with Gasteiger partial charge in [-0.1, -0.05) is 6.58 Å². The normalized spacial score (nSPS) is 15.1. The lowest BCUT2D eigenvalue weighted by Crippen LogP contribution is -2.41. The number of aromatic nitrogens is 2. The number of hydrogen-bond donors (Lipinski definition) is 0. The van der Waals surface area contributed by atoms with Gasteiger partial charge in [0.2, 0.25) is 0 Å². The summed E-state index contributed by atoms with van der Waals surface area (Å²) in [5.74, 6) is 0. The van der Waals surface area contributed by atoms with Crippen molar-refractivity contribution in [1.29, 1.82) is 0 Å². The minimum Gasteiger partial charge on any atom is -0.444 e. The molecule has 0 fully saturated rings. The van der Waals surface area contributed by atoms with Crippen molar-refractivity contribution >= 4 is 34.8 Å². The van der Waals surface area contributed by atoms with E-state index in [-0.39, 0.29) is 6.09 Å². The molecule has 0 spiro atoms. The second kappa shape index (κ2) is 5.15. The minimum atomic E-state index is -0.464. The van der Waals surface area contributed by atoms with Crippen LogP contribution in [0.25, 0.3) is 6.08 Å². The molecule has 0 saturated carbocycles. The van der Waals surface area contributed by atoms with E-state index in [4.69, 9.17) is 4.74 Å². The summed E-state index contributed by atoms with van der Waals surface area (Å²) in [5.41, 5.74) is 1.46. The van der Waals surface area contributed by atoms with Crippen molar-refractivity contribution in [2.24, 2.45) is 0 Å². The number of amides is 1. The van der Waals surface area contributed by atoms with Crippen LogP contribution in [0.4, 0.5) is 4.79 Å². The summed E-state index contributed by atoms with van der Waals surface area (Å²) >= 11 is 2.25. The van der Waals surface area contributed by atoms with E-state index in [0.29, 0.717) is 19.6 Å². The lowest BCUT2D eigenvalue weighted by atomic mass is 10.2. The number of nitrogens with zero attached hydrogens (tertiary/aromatic N) is 3. The van der Waals surface area contributed by atoms with Crippen molar-refractivity contribution in [3.8, 4) is 0 Å². The predicted octanol–water partition coefficient (Wildman–Crippen LogP) is 2.88. The van der Waals surface area contributed by atoms with E-state index in [0.717, 1.165) is 15.0 Å². The minimum absolute atomic E-state index is 0.268. The number of rotatable bonds is 1. The molecule has 1 aromatic rings. The fraction of sp³-hybridized carbons (Fsp3) is 0.538. The Morgan fingerprint density at radius 1 is 1.47 bits per heavy atom. The van der Waals surface area contributed by atoms with Gasteiger partial charge in [0.05, 0.1) is 28.0 Å². The molecule has 1 aliphatic rings. The van der Waals surface area contributed by atoms with E-state index in [9.17, 15) is 4.79 Å². The molecule has 1 aliphatic heterocycles. The molecule has 0 unspecified atom stereocenters. The highest BCUT2D eigenvalue weighted by Gasteiger charge is 2.28. The Bertz CT molecular complexity index is 517. The molecule has 0 aliphatic carbocycles. The monoisotopic (exact) mass is 375 g/mol. The zero-order valence-electron chi connectivity index (χ0n) is 11.4. The van der Waals surface area contributed by atoms with Crippen LogP contribution in [0.2, 0.25) is 0 Å². The number of carbonyl (C=O) groups is 1. The van der Waals surface area contributed by atoms with Crippen molar-refractivity contribution in [1.82, 2.24) is 14.7 Å². The summed E-state index contributed by atoms with van der Waals surface area (Å²) in [6, 6.07) is 0. The number of hydrogen-bond acceptors (Lipinski definition) is 3. The molecule has 0 radical (unpaired) electrons. The summed E-state index contributed by atoms with van der Waals surface area (Å²) < 4.78 is 8.40. The van der Waals surface area contributed by atoms with Crippen LogP contribution in [0.5, 0.6) is 0 Å². The van der Waals surface area contributed by atoms with Crippen LogP contribution in [-0.2, 0) is 17.8 Å². The molecular formula is C13H18IN3O2. The molecule has 0 saturated heterocycles. The first-order chi connectivity index (χ1) is 8.81. The maximum atomic E-state index is 12.1. The van der Waals surface area contributed by atoms with Crippen LogP contribution in [0, 0.1) is 3.57 Å². The van der Waals surface area contributed by atoms with Gasteiger partial charge >= 0.3 is 6.09 Å². The summed E-state index contributed by atoms with van der Waals surface area (Å²) in [4.78, 5) is 13.8. The first kappa shape index (κ1) is 14.4. The Labute approximate surface area is 126 Å². The number of ether oxygens (including phenoxy) is 1. The van der Waals surface area contributed by atoms with Gasteiger partial charge in [0.15, 0.2) is 0 Å². The third kappa shape index (κ3) is 3.10. The summed E-state index contributed by atoms with van der Waals surface area (Å²) in [6.07, 6.45) is 1.47. The zero-order valence-corrected chi connectivity index (χ0v) is 13.6. The van der Waals surface area contributed by atoms with Gasteiger partial charge in [-0.3, -0.25) is 4.68 Å². The van der Waals surface area contributed by atoms with Gasteiger partial charge in [0, 0.05) is 6.54 Å². The van der Waals surface area contributed by atoms with Gasteiger partial charge in [-0.05, 0) is 49.4 Å². The van der Waals surface area contributed by atoms with Crippen LogP contribution in [0.3, 0.4) is 0 Å². The largest absolute Gasteiger partial charge is 0.444 e. The van der Waals surface area contributed by atoms with E-state index in [1.807, 2.05) is 25.5 Å². The SMILES string of the molecule is C=Cc1nn2c(c1I)CN(C(=O)OC(C)(C)C)CC2. The van der Waals surface area contributed by atoms with E-state index in [2.05, 4.69) is 34.3 Å². The van der Waals surface area contributed by atoms with Gasteiger partial charge in [0.1, 0.15) is 5.60 Å². The summed E-state index contributed by atoms with van der Waals surface area (Å²) in [6.45, 7) is 11.2. The van der Waals surface area contributed by atoms with Crippen molar-refractivity contribution in [3.63, 3.8) is 0 Å². The zero-order chi connectivity index (χ0) is 14.2. The predicted molar refractivity (Wildman–Crippen MR) is 81.7 cm³/mol. The lowest BCUT2D eigenvalue weighted by Gasteiger charge is -2.30. The topological polar surface area (TPSA) is 47.4 Å². The van der Waals surface area contributed by atoms with Crippen molar-refractivity contribution in [2.45, 2.75) is 39.5 Å². The number of fused-ring (bicyclic) bond motifs is 1. The average Bonchev–Trinajstić information content (AvgIpc) is 2.63. The van der Waals surface area contributed by atoms with Crippen LogP contribution >= 0.6 is 22.6 Å². The Balaban J connectivity index is 2.16. The average molecular weight is 375 g/mol. The molecule has 0 bridgehead atoms. The third-order valence-corrected chi connectivity index (χ3v) is 3.96. The Morgan fingerprint density at radius 2 is 2.16 bits per heavy atom. The second-order valence-electron chi connectivity index (χ2n) is 5.48. The number of halogens is 1. The van der Waals surface area contributed by atoms with Crippen LogP contribution in [0.15, 0.2) is 6.58 Å². The van der Waals surface area contributed by atoms with Crippen molar-refractivity contribution < 1.29 is 9.53 Å². The molecule has 2 heterocycles. The smallest absolute Gasteiger partial charge is 0.410 e. The maximum absolute atomic E-state index is 12.1. The van der Waals surface area contributed by atoms with Crippen molar-refractivity contribution in [2.75, 3.05) is 6.54 Å². The highest BCUT2D eigenvalue weighted by molar-refractivity contribution is 14.1. The maximum Gasteiger partial charge on any atom is 0.410 e. The van der Waals surface area contributed by atoms with Gasteiger partial charge in [-0.25, -0.2) is 4.79 Å². The highest BCUT2D eigenvalue weighted by atomic mass is 127. The highest BCUT2D eigenvalue weighted by Crippen LogP contribution is 2.23. The molecule has 0 atom stereocenters. The van der Waals surface area contributed by atoms with E-state index < -0.39 is 5.60 Å². The molecule has 1 amide bonds. The van der Waals surface area contributed by atoms with Crippen molar-refractivity contribution in [3.05, 3.63) is 21.5 Å². The van der Waals surface area contributed by atoms with Gasteiger partial charge < -0.3 is 9.64 Å². The van der Waals surface area contributed by atoms with E-state index in [1.165, 1.54) is 0 Å². The quantitative estimate of drug-likeness (QED) is 0.710. The second-order valence-corrected chi connectivity index (χ2v) is 6.55. The first-order valence-electron chi connectivity index (χ1n) is 6.17. The Kier molecular flexibility index (Phi) is 3.89.